The molecule has 1 heterocycles. The van der Waals surface area contributed by atoms with Gasteiger partial charge in [-0.25, -0.2) is 9.37 Å². The van der Waals surface area contributed by atoms with E-state index in [1.165, 1.54) is 24.4 Å². The van der Waals surface area contributed by atoms with E-state index < -0.39 is 5.82 Å². The molecule has 0 saturated carbocycles. The highest BCUT2D eigenvalue weighted by Crippen LogP contribution is 2.24. The fourth-order valence-corrected chi connectivity index (χ4v) is 2.03. The van der Waals surface area contributed by atoms with Crippen molar-refractivity contribution in [3.63, 3.8) is 0 Å². The second kappa shape index (κ2) is 7.02. The number of hydrogen-bond acceptors (Lipinski definition) is 3. The topological polar surface area (TPSA) is 68.0 Å². The van der Waals surface area contributed by atoms with Crippen LogP contribution in [0.2, 0.25) is 0 Å². The van der Waals surface area contributed by atoms with Gasteiger partial charge in [-0.15, -0.1) is 0 Å². The number of pyridine rings is 1. The van der Waals surface area contributed by atoms with Gasteiger partial charge in [0.1, 0.15) is 11.6 Å². The number of nitrogen functional groups attached to an aromatic ring is 1. The van der Waals surface area contributed by atoms with E-state index in [0.717, 1.165) is 6.42 Å². The molecule has 0 aliphatic carbocycles. The number of nitrogens with two attached hydrogens (primary N) is 1. The first-order chi connectivity index (χ1) is 10.5. The molecule has 0 aliphatic rings. The molecule has 0 radical (unpaired) electrons. The van der Waals surface area contributed by atoms with Crippen LogP contribution in [0.3, 0.4) is 0 Å². The van der Waals surface area contributed by atoms with Gasteiger partial charge in [0.2, 0.25) is 0 Å². The van der Waals surface area contributed by atoms with E-state index in [4.69, 9.17) is 5.73 Å². The summed E-state index contributed by atoms with van der Waals surface area (Å²) in [4.78, 5) is 16.1. The first-order valence-corrected chi connectivity index (χ1v) is 7.27. The summed E-state index contributed by atoms with van der Waals surface area (Å²) >= 11 is 0. The molecule has 1 aromatic carbocycles. The fourth-order valence-electron chi connectivity index (χ4n) is 2.03. The highest BCUT2D eigenvalue weighted by atomic mass is 19.1. The zero-order valence-corrected chi connectivity index (χ0v) is 12.8. The number of aromatic nitrogens is 1. The van der Waals surface area contributed by atoms with Crippen LogP contribution in [0, 0.1) is 11.7 Å². The van der Waals surface area contributed by atoms with Crippen LogP contribution >= 0.6 is 0 Å². The molecule has 116 valence electrons. The van der Waals surface area contributed by atoms with E-state index >= 15 is 0 Å². The minimum absolute atomic E-state index is 0.203. The maximum absolute atomic E-state index is 14.0. The highest BCUT2D eigenvalue weighted by molar-refractivity contribution is 5.95. The first kappa shape index (κ1) is 15.9. The molecule has 4 nitrogen and oxygen atoms in total. The normalized spacial score (nSPS) is 10.7. The summed E-state index contributed by atoms with van der Waals surface area (Å²) in [7, 11) is 0. The van der Waals surface area contributed by atoms with Gasteiger partial charge in [0, 0.05) is 29.4 Å². The Balaban J connectivity index is 2.19. The van der Waals surface area contributed by atoms with Gasteiger partial charge in [-0.3, -0.25) is 4.79 Å². The van der Waals surface area contributed by atoms with Crippen molar-refractivity contribution in [1.29, 1.82) is 0 Å². The number of nitrogens with one attached hydrogen (secondary N) is 1. The molecule has 0 bridgehead atoms. The maximum Gasteiger partial charge on any atom is 0.251 e. The lowest BCUT2D eigenvalue weighted by atomic mass is 10.0. The van der Waals surface area contributed by atoms with Crippen molar-refractivity contribution in [3.05, 3.63) is 47.9 Å². The predicted octanol–water partition coefficient (Wildman–Crippen LogP) is 3.25. The van der Waals surface area contributed by atoms with Crippen LogP contribution in [0.1, 0.15) is 30.6 Å². The molecule has 0 atom stereocenters. The molecule has 5 heteroatoms. The number of carbonyl (C=O) groups excluding carboxylic acids is 1. The van der Waals surface area contributed by atoms with E-state index in [9.17, 15) is 9.18 Å². The van der Waals surface area contributed by atoms with E-state index in [2.05, 4.69) is 24.1 Å². The van der Waals surface area contributed by atoms with E-state index in [1.54, 1.807) is 12.1 Å². The largest absolute Gasteiger partial charge is 0.384 e. The monoisotopic (exact) mass is 301 g/mol. The highest BCUT2D eigenvalue weighted by Gasteiger charge is 2.11. The molecular formula is C17H20FN3O. The Bertz CT molecular complexity index is 653. The Morgan fingerprint density at radius 3 is 2.73 bits per heavy atom. The lowest BCUT2D eigenvalue weighted by Crippen LogP contribution is -2.25. The average Bonchev–Trinajstić information content (AvgIpc) is 2.48. The van der Waals surface area contributed by atoms with Gasteiger partial charge in [-0.1, -0.05) is 13.8 Å². The number of hydrogen-bond donors (Lipinski definition) is 2. The lowest BCUT2D eigenvalue weighted by Gasteiger charge is -2.09. The summed E-state index contributed by atoms with van der Waals surface area (Å²) in [6.07, 6.45) is 2.40. The molecular weight excluding hydrogens is 281 g/mol. The van der Waals surface area contributed by atoms with Crippen LogP contribution in [-0.2, 0) is 0 Å². The van der Waals surface area contributed by atoms with E-state index in [0.29, 0.717) is 35.0 Å². The van der Waals surface area contributed by atoms with Crippen LogP contribution in [0.15, 0.2) is 36.5 Å². The number of benzene rings is 1. The average molecular weight is 301 g/mol. The third-order valence-electron chi connectivity index (χ3n) is 3.33. The van der Waals surface area contributed by atoms with Gasteiger partial charge < -0.3 is 11.1 Å². The second-order valence-corrected chi connectivity index (χ2v) is 5.60. The Kier molecular flexibility index (Phi) is 5.09. The van der Waals surface area contributed by atoms with Crippen molar-refractivity contribution >= 4 is 11.7 Å². The summed E-state index contributed by atoms with van der Waals surface area (Å²) in [5.41, 5.74) is 6.88. The smallest absolute Gasteiger partial charge is 0.251 e. The molecule has 0 fully saturated rings. The number of carbonyl (C=O) groups is 1. The number of nitrogens with zero attached hydrogens (tertiary/aromatic N) is 1. The summed E-state index contributed by atoms with van der Waals surface area (Å²) in [5.74, 6) is 0.285. The van der Waals surface area contributed by atoms with E-state index in [-0.39, 0.29) is 5.91 Å². The van der Waals surface area contributed by atoms with Crippen molar-refractivity contribution in [2.45, 2.75) is 20.3 Å². The van der Waals surface area contributed by atoms with Gasteiger partial charge >= 0.3 is 0 Å². The number of halogens is 1. The number of anilines is 1. The molecule has 0 saturated heterocycles. The SMILES string of the molecule is CC(C)CCNC(=O)c1ccc(F)c(-c2ccc(N)nc2)c1. The quantitative estimate of drug-likeness (QED) is 0.890. The van der Waals surface area contributed by atoms with Crippen LogP contribution < -0.4 is 11.1 Å². The number of rotatable bonds is 5. The van der Waals surface area contributed by atoms with Crippen LogP contribution in [0.5, 0.6) is 0 Å². The van der Waals surface area contributed by atoms with Gasteiger partial charge in [-0.05, 0) is 42.7 Å². The number of amides is 1. The molecule has 22 heavy (non-hydrogen) atoms. The van der Waals surface area contributed by atoms with Crippen molar-refractivity contribution in [1.82, 2.24) is 10.3 Å². The minimum Gasteiger partial charge on any atom is -0.384 e. The van der Waals surface area contributed by atoms with Crippen LogP contribution in [0.25, 0.3) is 11.1 Å². The predicted molar refractivity (Wildman–Crippen MR) is 85.8 cm³/mol. The van der Waals surface area contributed by atoms with Crippen molar-refractivity contribution in [3.8, 4) is 11.1 Å². The summed E-state index contributed by atoms with van der Waals surface area (Å²) in [5, 5.41) is 2.84. The molecule has 1 amide bonds. The van der Waals surface area contributed by atoms with Crippen molar-refractivity contribution in [2.24, 2.45) is 5.92 Å². The van der Waals surface area contributed by atoms with Crippen LogP contribution in [0.4, 0.5) is 10.2 Å². The molecule has 1 aromatic heterocycles. The first-order valence-electron chi connectivity index (χ1n) is 7.27. The van der Waals surface area contributed by atoms with E-state index in [1.807, 2.05) is 0 Å². The Hall–Kier alpha value is -2.43. The lowest BCUT2D eigenvalue weighted by molar-refractivity contribution is 0.0952. The Morgan fingerprint density at radius 1 is 1.32 bits per heavy atom. The Labute approximate surface area is 129 Å². The third kappa shape index (κ3) is 4.04. The van der Waals surface area contributed by atoms with Gasteiger partial charge in [0.25, 0.3) is 5.91 Å². The summed E-state index contributed by atoms with van der Waals surface area (Å²) in [6.45, 7) is 4.79. The fraction of sp³-hybridized carbons (Fsp3) is 0.294. The van der Waals surface area contributed by atoms with Gasteiger partial charge in [0.05, 0.1) is 0 Å². The standard InChI is InChI=1S/C17H20FN3O/c1-11(2)7-8-20-17(22)12-3-5-15(18)14(9-12)13-4-6-16(19)21-10-13/h3-6,9-11H,7-8H2,1-2H3,(H2,19,21)(H,20,22). The maximum atomic E-state index is 14.0. The molecule has 3 N–H and O–H groups in total. The van der Waals surface area contributed by atoms with Gasteiger partial charge in [-0.2, -0.15) is 0 Å². The zero-order valence-electron chi connectivity index (χ0n) is 12.8. The van der Waals surface area contributed by atoms with Crippen molar-refractivity contribution < 1.29 is 9.18 Å². The third-order valence-corrected chi connectivity index (χ3v) is 3.33. The molecule has 2 aromatic rings. The zero-order chi connectivity index (χ0) is 16.1. The Morgan fingerprint density at radius 2 is 2.09 bits per heavy atom. The second-order valence-electron chi connectivity index (χ2n) is 5.60. The summed E-state index contributed by atoms with van der Waals surface area (Å²) < 4.78 is 14.0. The van der Waals surface area contributed by atoms with Crippen LogP contribution in [-0.4, -0.2) is 17.4 Å². The summed E-state index contributed by atoms with van der Waals surface area (Å²) in [6, 6.07) is 7.59. The van der Waals surface area contributed by atoms with Crippen molar-refractivity contribution in [2.75, 3.05) is 12.3 Å². The molecule has 2 rings (SSSR count). The molecule has 0 aliphatic heterocycles. The molecule has 0 unspecified atom stereocenters. The molecule has 0 spiro atoms. The van der Waals surface area contributed by atoms with Gasteiger partial charge in [0.15, 0.2) is 0 Å². The minimum atomic E-state index is -0.398.